The fourth-order valence-corrected chi connectivity index (χ4v) is 1.22. The van der Waals surface area contributed by atoms with Crippen LogP contribution in [0.25, 0.3) is 0 Å². The van der Waals surface area contributed by atoms with E-state index in [4.69, 9.17) is 16.3 Å². The standard InChI is InChI=1S/C10H14ClN5O2/c1-4-18-10(17)16-15-9-7(14-6(2)3)8(11)12-5-13-9/h5H,4H2,1-3H3,(H,16,17)(H,12,13,15). The number of aliphatic imine (C=N–C) groups is 1. The van der Waals surface area contributed by atoms with Crippen LogP contribution in [0.1, 0.15) is 20.8 Å². The first-order valence-corrected chi connectivity index (χ1v) is 5.63. The number of ether oxygens (including phenoxy) is 1. The second-order valence-corrected chi connectivity index (χ2v) is 3.75. The van der Waals surface area contributed by atoms with Crippen LogP contribution in [0.3, 0.4) is 0 Å². The molecule has 0 bridgehead atoms. The van der Waals surface area contributed by atoms with Crippen LogP contribution >= 0.6 is 11.6 Å². The molecule has 98 valence electrons. The van der Waals surface area contributed by atoms with Gasteiger partial charge in [0.2, 0.25) is 0 Å². The first-order valence-electron chi connectivity index (χ1n) is 5.25. The van der Waals surface area contributed by atoms with Crippen molar-refractivity contribution in [2.75, 3.05) is 12.0 Å². The number of anilines is 1. The summed E-state index contributed by atoms with van der Waals surface area (Å²) in [5.74, 6) is 0.296. The van der Waals surface area contributed by atoms with Gasteiger partial charge < -0.3 is 4.74 Å². The van der Waals surface area contributed by atoms with E-state index in [0.717, 1.165) is 5.71 Å². The van der Waals surface area contributed by atoms with Crippen molar-refractivity contribution < 1.29 is 9.53 Å². The summed E-state index contributed by atoms with van der Waals surface area (Å²) >= 11 is 5.91. The fourth-order valence-electron chi connectivity index (χ4n) is 1.05. The summed E-state index contributed by atoms with van der Waals surface area (Å²) in [5, 5.41) is 0.194. The quantitative estimate of drug-likeness (QED) is 0.498. The lowest BCUT2D eigenvalue weighted by Gasteiger charge is -2.10. The van der Waals surface area contributed by atoms with Crippen LogP contribution in [0.5, 0.6) is 0 Å². The Hall–Kier alpha value is -1.89. The van der Waals surface area contributed by atoms with E-state index in [1.165, 1.54) is 6.33 Å². The number of nitrogens with one attached hydrogen (secondary N) is 2. The second kappa shape index (κ2) is 6.75. The number of hydrogen-bond acceptors (Lipinski definition) is 6. The van der Waals surface area contributed by atoms with Gasteiger partial charge in [-0.15, -0.1) is 0 Å². The Balaban J connectivity index is 2.85. The Bertz CT molecular complexity index is 460. The van der Waals surface area contributed by atoms with E-state index in [0.29, 0.717) is 11.5 Å². The summed E-state index contributed by atoms with van der Waals surface area (Å²) in [5.41, 5.74) is 6.03. The molecule has 1 heterocycles. The molecule has 8 heteroatoms. The lowest BCUT2D eigenvalue weighted by atomic mass is 10.4. The van der Waals surface area contributed by atoms with Crippen molar-refractivity contribution >= 4 is 34.9 Å². The SMILES string of the molecule is CCOC(=O)NNc1ncnc(Cl)c1N=C(C)C. The summed E-state index contributed by atoms with van der Waals surface area (Å²) in [6.07, 6.45) is 0.650. The number of amides is 1. The van der Waals surface area contributed by atoms with Crippen LogP contribution in [0.15, 0.2) is 11.3 Å². The molecule has 2 N–H and O–H groups in total. The van der Waals surface area contributed by atoms with E-state index >= 15 is 0 Å². The predicted molar refractivity (Wildman–Crippen MR) is 69.3 cm³/mol. The lowest BCUT2D eigenvalue weighted by Crippen LogP contribution is -2.30. The Labute approximate surface area is 110 Å². The summed E-state index contributed by atoms with van der Waals surface area (Å²) in [6, 6.07) is 0. The van der Waals surface area contributed by atoms with Crippen molar-refractivity contribution in [3.05, 3.63) is 11.5 Å². The molecule has 0 aliphatic rings. The highest BCUT2D eigenvalue weighted by molar-refractivity contribution is 6.32. The van der Waals surface area contributed by atoms with Crippen molar-refractivity contribution in [3.8, 4) is 0 Å². The second-order valence-electron chi connectivity index (χ2n) is 3.39. The molecule has 1 aromatic heterocycles. The summed E-state index contributed by atoms with van der Waals surface area (Å²) in [6.45, 7) is 5.60. The van der Waals surface area contributed by atoms with Crippen LogP contribution in [-0.2, 0) is 4.74 Å². The summed E-state index contributed by atoms with van der Waals surface area (Å²) in [7, 11) is 0. The topological polar surface area (TPSA) is 88.5 Å². The van der Waals surface area contributed by atoms with Crippen molar-refractivity contribution in [1.29, 1.82) is 0 Å². The van der Waals surface area contributed by atoms with E-state index in [9.17, 15) is 4.79 Å². The molecule has 0 fully saturated rings. The molecule has 7 nitrogen and oxygen atoms in total. The van der Waals surface area contributed by atoms with E-state index in [1.54, 1.807) is 6.92 Å². The highest BCUT2D eigenvalue weighted by Crippen LogP contribution is 2.28. The number of halogens is 1. The molecule has 0 radical (unpaired) electrons. The molecular weight excluding hydrogens is 258 g/mol. The number of carbonyl (C=O) groups excluding carboxylic acids is 1. The maximum Gasteiger partial charge on any atom is 0.425 e. The molecule has 0 saturated carbocycles. The van der Waals surface area contributed by atoms with E-state index in [1.807, 2.05) is 13.8 Å². The van der Waals surface area contributed by atoms with E-state index < -0.39 is 6.09 Å². The third kappa shape index (κ3) is 4.17. The third-order valence-electron chi connectivity index (χ3n) is 1.67. The number of carbonyl (C=O) groups is 1. The normalized spacial score (nSPS) is 9.56. The van der Waals surface area contributed by atoms with E-state index in [2.05, 4.69) is 25.8 Å². The van der Waals surface area contributed by atoms with Gasteiger partial charge in [0, 0.05) is 5.71 Å². The highest BCUT2D eigenvalue weighted by Gasteiger charge is 2.10. The van der Waals surface area contributed by atoms with E-state index in [-0.39, 0.29) is 11.8 Å². The smallest absolute Gasteiger partial charge is 0.425 e. The minimum Gasteiger partial charge on any atom is -0.449 e. The van der Waals surface area contributed by atoms with Gasteiger partial charge in [0.15, 0.2) is 11.0 Å². The third-order valence-corrected chi connectivity index (χ3v) is 1.95. The average molecular weight is 272 g/mol. The van der Waals surface area contributed by atoms with Crippen molar-refractivity contribution in [2.45, 2.75) is 20.8 Å². The molecule has 1 amide bonds. The van der Waals surface area contributed by atoms with Gasteiger partial charge in [0.25, 0.3) is 0 Å². The molecule has 18 heavy (non-hydrogen) atoms. The number of aromatic nitrogens is 2. The fraction of sp³-hybridized carbons (Fsp3) is 0.400. The number of hydrazine groups is 1. The summed E-state index contributed by atoms with van der Waals surface area (Å²) < 4.78 is 4.69. The van der Waals surface area contributed by atoms with Gasteiger partial charge in [-0.05, 0) is 20.8 Å². The highest BCUT2D eigenvalue weighted by atomic mass is 35.5. The lowest BCUT2D eigenvalue weighted by molar-refractivity contribution is 0.154. The predicted octanol–water partition coefficient (Wildman–Crippen LogP) is 2.32. The molecule has 0 unspecified atom stereocenters. The minimum atomic E-state index is -0.615. The molecule has 0 atom stereocenters. The van der Waals surface area contributed by atoms with Crippen LogP contribution < -0.4 is 10.9 Å². The largest absolute Gasteiger partial charge is 0.449 e. The molecule has 1 rings (SSSR count). The monoisotopic (exact) mass is 271 g/mol. The maximum absolute atomic E-state index is 11.1. The Morgan fingerprint density at radius 3 is 2.83 bits per heavy atom. The number of hydrogen-bond donors (Lipinski definition) is 2. The first-order chi connectivity index (χ1) is 8.54. The van der Waals surface area contributed by atoms with Crippen molar-refractivity contribution in [3.63, 3.8) is 0 Å². The number of rotatable bonds is 4. The molecule has 0 aliphatic heterocycles. The van der Waals surface area contributed by atoms with Crippen LogP contribution in [0.4, 0.5) is 16.3 Å². The van der Waals surface area contributed by atoms with Gasteiger partial charge in [-0.1, -0.05) is 11.6 Å². The molecule has 0 aromatic carbocycles. The molecule has 0 spiro atoms. The zero-order chi connectivity index (χ0) is 13.5. The first kappa shape index (κ1) is 14.2. The van der Waals surface area contributed by atoms with Crippen LogP contribution in [0, 0.1) is 0 Å². The molecule has 0 saturated heterocycles. The van der Waals surface area contributed by atoms with Gasteiger partial charge in [0.1, 0.15) is 12.0 Å². The Morgan fingerprint density at radius 2 is 2.22 bits per heavy atom. The maximum atomic E-state index is 11.1. The van der Waals surface area contributed by atoms with Gasteiger partial charge in [-0.25, -0.2) is 20.2 Å². The number of nitrogens with zero attached hydrogens (tertiary/aromatic N) is 3. The van der Waals surface area contributed by atoms with Gasteiger partial charge in [-0.3, -0.25) is 10.4 Å². The Kier molecular flexibility index (Phi) is 5.31. The zero-order valence-corrected chi connectivity index (χ0v) is 11.1. The van der Waals surface area contributed by atoms with Crippen LogP contribution in [-0.4, -0.2) is 28.4 Å². The molecule has 0 aliphatic carbocycles. The van der Waals surface area contributed by atoms with Gasteiger partial charge in [0.05, 0.1) is 6.61 Å². The van der Waals surface area contributed by atoms with Crippen LogP contribution in [0.2, 0.25) is 5.15 Å². The Morgan fingerprint density at radius 1 is 1.50 bits per heavy atom. The zero-order valence-electron chi connectivity index (χ0n) is 10.3. The van der Waals surface area contributed by atoms with Gasteiger partial charge >= 0.3 is 6.09 Å². The molecule has 1 aromatic rings. The van der Waals surface area contributed by atoms with Gasteiger partial charge in [-0.2, -0.15) is 0 Å². The summed E-state index contributed by atoms with van der Waals surface area (Å²) in [4.78, 5) is 23.1. The van der Waals surface area contributed by atoms with Crippen molar-refractivity contribution in [1.82, 2.24) is 15.4 Å². The average Bonchev–Trinajstić information content (AvgIpc) is 2.30. The molecular formula is C10H14ClN5O2. The minimum absolute atomic E-state index is 0.194. The van der Waals surface area contributed by atoms with Crippen molar-refractivity contribution in [2.24, 2.45) is 4.99 Å².